The minimum atomic E-state index is 0.899. The first-order valence-corrected chi connectivity index (χ1v) is 4.14. The van der Waals surface area contributed by atoms with Crippen molar-refractivity contribution in [3.8, 4) is 0 Å². The van der Waals surface area contributed by atoms with Crippen molar-refractivity contribution in [1.29, 1.82) is 0 Å². The molecule has 0 aliphatic carbocycles. The molecule has 2 rings (SSSR count). The van der Waals surface area contributed by atoms with Gasteiger partial charge in [0.05, 0.1) is 0 Å². The number of hydrogen-bond donors (Lipinski definition) is 1. The standard InChI is InChI=1S/C9H10ClN/c1-6-2-3-9(10)8-5-11-4-7(6)8/h2-3,11H,4-5H2,1H3. The Morgan fingerprint density at radius 1 is 1.27 bits per heavy atom. The Hall–Kier alpha value is -0.530. The molecule has 11 heavy (non-hydrogen) atoms. The predicted octanol–water partition coefficient (Wildman–Crippen LogP) is 2.25. The highest BCUT2D eigenvalue weighted by molar-refractivity contribution is 6.31. The first-order chi connectivity index (χ1) is 5.29. The summed E-state index contributed by atoms with van der Waals surface area (Å²) in [6.45, 7) is 4.03. The fourth-order valence-corrected chi connectivity index (χ4v) is 1.78. The topological polar surface area (TPSA) is 12.0 Å². The van der Waals surface area contributed by atoms with Crippen molar-refractivity contribution in [2.75, 3.05) is 0 Å². The van der Waals surface area contributed by atoms with E-state index in [4.69, 9.17) is 11.6 Å². The smallest absolute Gasteiger partial charge is 0.0454 e. The summed E-state index contributed by atoms with van der Waals surface area (Å²) in [6.07, 6.45) is 0. The number of hydrogen-bond acceptors (Lipinski definition) is 1. The maximum absolute atomic E-state index is 6.00. The van der Waals surface area contributed by atoms with E-state index in [0.29, 0.717) is 0 Å². The number of halogens is 1. The first-order valence-electron chi connectivity index (χ1n) is 3.76. The average molecular weight is 168 g/mol. The molecule has 0 unspecified atom stereocenters. The molecule has 0 bridgehead atoms. The number of benzene rings is 1. The Bertz CT molecular complexity index is 265. The molecule has 1 aromatic rings. The van der Waals surface area contributed by atoms with Crippen LogP contribution in [0.25, 0.3) is 0 Å². The van der Waals surface area contributed by atoms with E-state index >= 15 is 0 Å². The largest absolute Gasteiger partial charge is 0.309 e. The predicted molar refractivity (Wildman–Crippen MR) is 46.7 cm³/mol. The molecule has 0 spiro atoms. The van der Waals surface area contributed by atoms with E-state index in [1.807, 2.05) is 6.07 Å². The SMILES string of the molecule is Cc1ccc(Cl)c2c1CNC2. The van der Waals surface area contributed by atoms with Crippen LogP contribution < -0.4 is 5.32 Å². The van der Waals surface area contributed by atoms with E-state index in [-0.39, 0.29) is 0 Å². The lowest BCUT2D eigenvalue weighted by atomic mass is 10.1. The van der Waals surface area contributed by atoms with E-state index in [0.717, 1.165) is 18.1 Å². The van der Waals surface area contributed by atoms with Gasteiger partial charge in [-0.1, -0.05) is 17.7 Å². The van der Waals surface area contributed by atoms with Gasteiger partial charge in [0.2, 0.25) is 0 Å². The number of nitrogens with one attached hydrogen (secondary N) is 1. The summed E-state index contributed by atoms with van der Waals surface area (Å²) in [7, 11) is 0. The van der Waals surface area contributed by atoms with Crippen molar-refractivity contribution in [3.05, 3.63) is 33.8 Å². The fourth-order valence-electron chi connectivity index (χ4n) is 1.53. The van der Waals surface area contributed by atoms with Gasteiger partial charge in [-0.25, -0.2) is 0 Å². The van der Waals surface area contributed by atoms with Crippen LogP contribution in [0.4, 0.5) is 0 Å². The van der Waals surface area contributed by atoms with Crippen LogP contribution in [0.2, 0.25) is 5.02 Å². The molecule has 0 saturated heterocycles. The summed E-state index contributed by atoms with van der Waals surface area (Å²) in [5.74, 6) is 0. The molecule has 1 aliphatic rings. The van der Waals surface area contributed by atoms with Crippen molar-refractivity contribution in [2.45, 2.75) is 20.0 Å². The lowest BCUT2D eigenvalue weighted by Gasteiger charge is -2.03. The normalized spacial score (nSPS) is 15.1. The summed E-state index contributed by atoms with van der Waals surface area (Å²) >= 11 is 6.00. The number of rotatable bonds is 0. The zero-order valence-electron chi connectivity index (χ0n) is 6.45. The third-order valence-corrected chi connectivity index (χ3v) is 2.57. The fraction of sp³-hybridized carbons (Fsp3) is 0.333. The molecule has 58 valence electrons. The monoisotopic (exact) mass is 167 g/mol. The van der Waals surface area contributed by atoms with E-state index in [9.17, 15) is 0 Å². The zero-order chi connectivity index (χ0) is 7.84. The summed E-state index contributed by atoms with van der Waals surface area (Å²) in [5, 5.41) is 4.18. The quantitative estimate of drug-likeness (QED) is 0.625. The van der Waals surface area contributed by atoms with Gasteiger partial charge in [-0.3, -0.25) is 0 Å². The molecular weight excluding hydrogens is 158 g/mol. The van der Waals surface area contributed by atoms with Crippen LogP contribution in [-0.2, 0) is 13.1 Å². The first kappa shape index (κ1) is 7.14. The van der Waals surface area contributed by atoms with Crippen LogP contribution >= 0.6 is 11.6 Å². The van der Waals surface area contributed by atoms with Crippen LogP contribution in [0.5, 0.6) is 0 Å². The van der Waals surface area contributed by atoms with Gasteiger partial charge in [-0.05, 0) is 29.7 Å². The summed E-state index contributed by atoms with van der Waals surface area (Å²) in [4.78, 5) is 0. The van der Waals surface area contributed by atoms with Crippen LogP contribution in [-0.4, -0.2) is 0 Å². The highest BCUT2D eigenvalue weighted by Crippen LogP contribution is 2.26. The molecule has 1 N–H and O–H groups in total. The Morgan fingerprint density at radius 2 is 2.00 bits per heavy atom. The van der Waals surface area contributed by atoms with Crippen molar-refractivity contribution < 1.29 is 0 Å². The molecule has 0 atom stereocenters. The van der Waals surface area contributed by atoms with Crippen LogP contribution in [0.3, 0.4) is 0 Å². The molecular formula is C9H10ClN. The number of aryl methyl sites for hydroxylation is 1. The van der Waals surface area contributed by atoms with Gasteiger partial charge < -0.3 is 5.32 Å². The third kappa shape index (κ3) is 1.05. The molecule has 1 heterocycles. The summed E-state index contributed by atoms with van der Waals surface area (Å²) < 4.78 is 0. The minimum Gasteiger partial charge on any atom is -0.309 e. The van der Waals surface area contributed by atoms with E-state index < -0.39 is 0 Å². The second-order valence-electron chi connectivity index (χ2n) is 2.92. The van der Waals surface area contributed by atoms with E-state index in [2.05, 4.69) is 18.3 Å². The lowest BCUT2D eigenvalue weighted by molar-refractivity contribution is 0.763. The highest BCUT2D eigenvalue weighted by atomic mass is 35.5. The lowest BCUT2D eigenvalue weighted by Crippen LogP contribution is -2.00. The van der Waals surface area contributed by atoms with Crippen LogP contribution in [0.15, 0.2) is 12.1 Å². The molecule has 1 nitrogen and oxygen atoms in total. The maximum atomic E-state index is 6.00. The van der Waals surface area contributed by atoms with E-state index in [1.54, 1.807) is 0 Å². The van der Waals surface area contributed by atoms with Gasteiger partial charge >= 0.3 is 0 Å². The molecule has 0 aromatic heterocycles. The van der Waals surface area contributed by atoms with Crippen LogP contribution in [0.1, 0.15) is 16.7 Å². The van der Waals surface area contributed by atoms with Gasteiger partial charge in [0.25, 0.3) is 0 Å². The second kappa shape index (κ2) is 2.50. The molecule has 0 radical (unpaired) electrons. The Labute approximate surface area is 71.4 Å². The minimum absolute atomic E-state index is 0.899. The Balaban J connectivity index is 2.64. The Morgan fingerprint density at radius 3 is 2.73 bits per heavy atom. The van der Waals surface area contributed by atoms with Crippen molar-refractivity contribution in [2.24, 2.45) is 0 Å². The summed E-state index contributed by atoms with van der Waals surface area (Å²) in [5.41, 5.74) is 4.01. The zero-order valence-corrected chi connectivity index (χ0v) is 7.20. The van der Waals surface area contributed by atoms with Gasteiger partial charge in [0, 0.05) is 18.1 Å². The molecule has 0 amide bonds. The molecule has 1 aliphatic heterocycles. The van der Waals surface area contributed by atoms with E-state index in [1.165, 1.54) is 16.7 Å². The number of fused-ring (bicyclic) bond motifs is 1. The van der Waals surface area contributed by atoms with Gasteiger partial charge in [0.1, 0.15) is 0 Å². The van der Waals surface area contributed by atoms with Crippen molar-refractivity contribution in [3.63, 3.8) is 0 Å². The highest BCUT2D eigenvalue weighted by Gasteiger charge is 2.14. The third-order valence-electron chi connectivity index (χ3n) is 2.21. The van der Waals surface area contributed by atoms with Gasteiger partial charge in [-0.2, -0.15) is 0 Å². The second-order valence-corrected chi connectivity index (χ2v) is 3.33. The van der Waals surface area contributed by atoms with Gasteiger partial charge in [-0.15, -0.1) is 0 Å². The van der Waals surface area contributed by atoms with Crippen LogP contribution in [0, 0.1) is 6.92 Å². The molecule has 0 saturated carbocycles. The average Bonchev–Trinajstić information content (AvgIpc) is 2.45. The maximum Gasteiger partial charge on any atom is 0.0454 e. The van der Waals surface area contributed by atoms with Crippen molar-refractivity contribution >= 4 is 11.6 Å². The van der Waals surface area contributed by atoms with Crippen molar-refractivity contribution in [1.82, 2.24) is 5.32 Å². The molecule has 0 fully saturated rings. The summed E-state index contributed by atoms with van der Waals surface area (Å²) in [6, 6.07) is 4.05. The van der Waals surface area contributed by atoms with Gasteiger partial charge in [0.15, 0.2) is 0 Å². The molecule has 2 heteroatoms. The molecule has 1 aromatic carbocycles. The Kier molecular flexibility index (Phi) is 1.63.